The zero-order valence-electron chi connectivity index (χ0n) is 23.7. The number of fused-ring (bicyclic) bond motifs is 1. The van der Waals surface area contributed by atoms with Crippen molar-refractivity contribution < 1.29 is 22.7 Å². The van der Waals surface area contributed by atoms with Gasteiger partial charge in [0.2, 0.25) is 0 Å². The molecule has 0 aliphatic heterocycles. The van der Waals surface area contributed by atoms with Crippen LogP contribution in [0.1, 0.15) is 47.8 Å². The molecule has 215 valence electrons. The van der Waals surface area contributed by atoms with E-state index in [1.807, 2.05) is 50.2 Å². The van der Waals surface area contributed by atoms with E-state index in [-0.39, 0.29) is 15.8 Å². The van der Waals surface area contributed by atoms with E-state index in [1.54, 1.807) is 12.1 Å². The number of benzene rings is 3. The molecule has 0 atom stereocenters. The Morgan fingerprint density at radius 2 is 1.66 bits per heavy atom. The Kier molecular flexibility index (Phi) is 9.94. The number of anilines is 2. The van der Waals surface area contributed by atoms with E-state index in [0.717, 1.165) is 28.1 Å². The summed E-state index contributed by atoms with van der Waals surface area (Å²) in [5, 5.41) is 6.10. The quantitative estimate of drug-likeness (QED) is 0.193. The molecule has 41 heavy (non-hydrogen) atoms. The number of aromatic nitrogens is 1. The Bertz CT molecular complexity index is 1660. The van der Waals surface area contributed by atoms with Gasteiger partial charge in [-0.05, 0) is 6.92 Å². The van der Waals surface area contributed by atoms with Crippen LogP contribution in [0.5, 0.6) is 11.5 Å². The first-order chi connectivity index (χ1) is 19.7. The zero-order valence-corrected chi connectivity index (χ0v) is 26.4. The molecule has 1 amide bonds. The van der Waals surface area contributed by atoms with Crippen molar-refractivity contribution in [3.05, 3.63) is 83.0 Å². The van der Waals surface area contributed by atoms with Crippen LogP contribution >= 0.6 is 0 Å². The number of hydrogen-bond donors (Lipinski definition) is 2. The van der Waals surface area contributed by atoms with Crippen molar-refractivity contribution in [2.24, 2.45) is 5.73 Å². The zero-order chi connectivity index (χ0) is 29.6. The van der Waals surface area contributed by atoms with Crippen molar-refractivity contribution in [3.63, 3.8) is 0 Å². The molecule has 3 N–H and O–H groups in total. The van der Waals surface area contributed by atoms with Crippen molar-refractivity contribution in [2.75, 3.05) is 24.8 Å². The number of nitrogens with zero attached hydrogens (tertiary/aromatic N) is 1. The number of sulfone groups is 1. The summed E-state index contributed by atoms with van der Waals surface area (Å²) in [6, 6.07) is 17.0. The van der Waals surface area contributed by atoms with Crippen LogP contribution in [0.3, 0.4) is 0 Å². The van der Waals surface area contributed by atoms with Gasteiger partial charge in [-0.2, -0.15) is 0 Å². The molecular weight excluding hydrogens is 601 g/mol. The van der Waals surface area contributed by atoms with Gasteiger partial charge in [-0.15, -0.1) is 0 Å². The fourth-order valence-corrected chi connectivity index (χ4v) is 7.63. The van der Waals surface area contributed by atoms with Crippen LogP contribution in [-0.4, -0.2) is 54.5 Å². The predicted octanol–water partition coefficient (Wildman–Crippen LogP) is 5.25. The van der Waals surface area contributed by atoms with Gasteiger partial charge in [0.25, 0.3) is 0 Å². The van der Waals surface area contributed by atoms with E-state index in [9.17, 15) is 13.2 Å². The standard InChI is InChI=1S/C31H35AsN3O5S/c1-5-23-21(18-32-17-20-11-13-22(14-12-20)41(4,37)38)9-8-10-26(23)35-30-24-15-28(39-6-2)29(40-7-3)16-27(24)34-19-25(30)31(33)36/h8-16,19H,5-7,17-18H2,1-4H3,(H2,33,36)(H,34,35). The number of carbonyl (C=O) groups excluding carboxylic acids is 1. The summed E-state index contributed by atoms with van der Waals surface area (Å²) in [6.45, 7) is 6.88. The fourth-order valence-electron chi connectivity index (χ4n) is 4.66. The van der Waals surface area contributed by atoms with Gasteiger partial charge in [-0.25, -0.2) is 0 Å². The van der Waals surface area contributed by atoms with Crippen LogP contribution in [0.2, 0.25) is 0 Å². The number of hydrogen-bond acceptors (Lipinski definition) is 7. The molecule has 1 heterocycles. The molecule has 1 radical (unpaired) electrons. The third kappa shape index (κ3) is 7.21. The summed E-state index contributed by atoms with van der Waals surface area (Å²) in [5.41, 5.74) is 11.8. The van der Waals surface area contributed by atoms with Crippen LogP contribution < -0.4 is 20.5 Å². The maximum atomic E-state index is 12.5. The number of carbonyl (C=O) groups is 1. The van der Waals surface area contributed by atoms with E-state index in [1.165, 1.54) is 23.6 Å². The Morgan fingerprint density at radius 3 is 2.27 bits per heavy atom. The second kappa shape index (κ2) is 13.4. The normalized spacial score (nSPS) is 11.7. The summed E-state index contributed by atoms with van der Waals surface area (Å²) in [7, 11) is -3.20. The average molecular weight is 637 g/mol. The maximum absolute atomic E-state index is 12.5. The first kappa shape index (κ1) is 30.4. The van der Waals surface area contributed by atoms with E-state index in [0.29, 0.717) is 51.8 Å². The Morgan fingerprint density at radius 1 is 0.976 bits per heavy atom. The molecule has 8 nitrogen and oxygen atoms in total. The Balaban J connectivity index is 1.65. The molecule has 0 aliphatic carbocycles. The van der Waals surface area contributed by atoms with Gasteiger partial charge in [-0.3, -0.25) is 0 Å². The Labute approximate surface area is 248 Å². The van der Waals surface area contributed by atoms with Crippen molar-refractivity contribution in [1.82, 2.24) is 4.98 Å². The van der Waals surface area contributed by atoms with Crippen molar-refractivity contribution in [2.45, 2.75) is 42.5 Å². The van der Waals surface area contributed by atoms with Gasteiger partial charge in [0, 0.05) is 0 Å². The number of pyridine rings is 1. The van der Waals surface area contributed by atoms with Crippen molar-refractivity contribution in [3.8, 4) is 11.5 Å². The van der Waals surface area contributed by atoms with Gasteiger partial charge >= 0.3 is 242 Å². The third-order valence-electron chi connectivity index (χ3n) is 6.61. The molecule has 0 fully saturated rings. The van der Waals surface area contributed by atoms with Gasteiger partial charge in [0.15, 0.2) is 0 Å². The summed E-state index contributed by atoms with van der Waals surface area (Å²) < 4.78 is 35.1. The second-order valence-corrected chi connectivity index (χ2v) is 13.8. The molecule has 1 aromatic heterocycles. The summed E-state index contributed by atoms with van der Waals surface area (Å²) in [5.74, 6) is 0.596. The number of primary amides is 1. The number of rotatable bonds is 13. The number of nitrogens with two attached hydrogens (primary N) is 1. The topological polar surface area (TPSA) is 121 Å². The van der Waals surface area contributed by atoms with Gasteiger partial charge in [0.1, 0.15) is 0 Å². The molecule has 3 aromatic carbocycles. The number of amides is 1. The third-order valence-corrected chi connectivity index (χ3v) is 10.2. The van der Waals surface area contributed by atoms with Gasteiger partial charge in [-0.1, -0.05) is 0 Å². The first-order valence-corrected chi connectivity index (χ1v) is 18.0. The minimum atomic E-state index is -3.20. The molecule has 0 saturated heterocycles. The van der Waals surface area contributed by atoms with Crippen LogP contribution in [0.15, 0.2) is 65.7 Å². The van der Waals surface area contributed by atoms with Crippen LogP contribution in [0.4, 0.5) is 11.4 Å². The second-order valence-electron chi connectivity index (χ2n) is 9.47. The van der Waals surface area contributed by atoms with Crippen LogP contribution in [-0.2, 0) is 26.7 Å². The van der Waals surface area contributed by atoms with E-state index < -0.39 is 15.7 Å². The van der Waals surface area contributed by atoms with Gasteiger partial charge < -0.3 is 0 Å². The fraction of sp³-hybridized carbons (Fsp3) is 0.290. The van der Waals surface area contributed by atoms with E-state index in [2.05, 4.69) is 23.3 Å². The molecule has 10 heteroatoms. The summed E-state index contributed by atoms with van der Waals surface area (Å²) in [4.78, 5) is 17.3. The van der Waals surface area contributed by atoms with Crippen molar-refractivity contribution in [1.29, 1.82) is 0 Å². The monoisotopic (exact) mass is 636 g/mol. The molecule has 0 bridgehead atoms. The molecule has 0 saturated carbocycles. The minimum absolute atomic E-state index is 0.0558. The molecule has 0 spiro atoms. The first-order valence-electron chi connectivity index (χ1n) is 13.5. The summed E-state index contributed by atoms with van der Waals surface area (Å²) >= 11 is -0.0558. The molecule has 4 aromatic rings. The molecule has 4 rings (SSSR count). The SMILES string of the molecule is CCOc1cc2ncc(C(N)=O)c(Nc3cccc(C[As]Cc4ccc(S(C)(=O)=O)cc4)c3CC)c2cc1OCC. The molecule has 0 aliphatic rings. The van der Waals surface area contributed by atoms with Gasteiger partial charge in [0.05, 0.1) is 0 Å². The Hall–Kier alpha value is -3.55. The van der Waals surface area contributed by atoms with Crippen LogP contribution in [0, 0.1) is 0 Å². The molecule has 0 unspecified atom stereocenters. The van der Waals surface area contributed by atoms with E-state index >= 15 is 0 Å². The number of ether oxygens (including phenoxy) is 2. The van der Waals surface area contributed by atoms with Crippen LogP contribution in [0.25, 0.3) is 10.9 Å². The number of nitrogens with one attached hydrogen (secondary N) is 1. The molecular formula is C31H35AsN3O5S. The van der Waals surface area contributed by atoms with E-state index in [4.69, 9.17) is 15.2 Å². The van der Waals surface area contributed by atoms with Crippen molar-refractivity contribution >= 4 is 53.8 Å². The average Bonchev–Trinajstić information content (AvgIpc) is 2.94. The predicted molar refractivity (Wildman–Crippen MR) is 164 cm³/mol. The summed E-state index contributed by atoms with van der Waals surface area (Å²) in [6.07, 6.45) is 3.52.